The molecule has 2 N–H and O–H groups in total. The molecule has 110 valence electrons. The molecule has 0 fully saturated rings. The molecule has 0 atom stereocenters. The third kappa shape index (κ3) is 3.65. The number of methoxy groups -OCH3 is 1. The van der Waals surface area contributed by atoms with Crippen LogP contribution in [0.5, 0.6) is 17.2 Å². The number of benzene rings is 2. The second-order valence-corrected chi connectivity index (χ2v) is 5.32. The van der Waals surface area contributed by atoms with E-state index in [-0.39, 0.29) is 4.99 Å². The zero-order valence-electron chi connectivity index (χ0n) is 11.9. The van der Waals surface area contributed by atoms with Crippen molar-refractivity contribution in [3.8, 4) is 17.2 Å². The van der Waals surface area contributed by atoms with E-state index in [0.717, 1.165) is 6.42 Å². The van der Waals surface area contributed by atoms with Crippen LogP contribution in [0.25, 0.3) is 0 Å². The summed E-state index contributed by atoms with van der Waals surface area (Å²) in [5.41, 5.74) is 7.48. The molecule has 5 heteroatoms. The van der Waals surface area contributed by atoms with Crippen molar-refractivity contribution in [2.75, 3.05) is 7.11 Å². The minimum absolute atomic E-state index is 0.233. The lowest BCUT2D eigenvalue weighted by atomic mass is 10.1. The Kier molecular flexibility index (Phi) is 5.04. The minimum atomic E-state index is 0.233. The Balaban J connectivity index is 2.40. The van der Waals surface area contributed by atoms with Gasteiger partial charge in [-0.15, -0.1) is 0 Å². The van der Waals surface area contributed by atoms with Gasteiger partial charge in [0, 0.05) is 5.02 Å². The van der Waals surface area contributed by atoms with E-state index in [1.54, 1.807) is 25.3 Å². The fourth-order valence-corrected chi connectivity index (χ4v) is 2.25. The van der Waals surface area contributed by atoms with Crippen LogP contribution in [0.4, 0.5) is 0 Å². The van der Waals surface area contributed by atoms with Gasteiger partial charge >= 0.3 is 0 Å². The molecule has 3 nitrogen and oxygen atoms in total. The molecule has 0 saturated carbocycles. The number of nitrogens with two attached hydrogens (primary N) is 1. The number of rotatable bonds is 5. The van der Waals surface area contributed by atoms with Gasteiger partial charge in [0.2, 0.25) is 0 Å². The molecular formula is C16H16ClNO2S. The van der Waals surface area contributed by atoms with E-state index in [0.29, 0.717) is 27.8 Å². The summed E-state index contributed by atoms with van der Waals surface area (Å²) in [6.45, 7) is 2.08. The molecule has 0 heterocycles. The Morgan fingerprint density at radius 3 is 2.48 bits per heavy atom. The Bertz CT molecular complexity index is 673. The number of hydrogen-bond donors (Lipinski definition) is 1. The molecule has 0 unspecified atom stereocenters. The summed E-state index contributed by atoms with van der Waals surface area (Å²) in [4.78, 5) is 0.233. The summed E-state index contributed by atoms with van der Waals surface area (Å²) < 4.78 is 11.3. The summed E-state index contributed by atoms with van der Waals surface area (Å²) in [6.07, 6.45) is 0.926. The second kappa shape index (κ2) is 6.78. The minimum Gasteiger partial charge on any atom is -0.493 e. The van der Waals surface area contributed by atoms with Crippen LogP contribution in [0.15, 0.2) is 36.4 Å². The highest BCUT2D eigenvalue weighted by molar-refractivity contribution is 7.80. The zero-order valence-corrected chi connectivity index (χ0v) is 13.4. The molecule has 2 aromatic rings. The quantitative estimate of drug-likeness (QED) is 0.832. The van der Waals surface area contributed by atoms with E-state index >= 15 is 0 Å². The molecule has 21 heavy (non-hydrogen) atoms. The average Bonchev–Trinajstić information content (AvgIpc) is 2.49. The van der Waals surface area contributed by atoms with Crippen LogP contribution >= 0.6 is 23.8 Å². The molecular weight excluding hydrogens is 306 g/mol. The van der Waals surface area contributed by atoms with E-state index in [9.17, 15) is 0 Å². The Morgan fingerprint density at radius 1 is 1.14 bits per heavy atom. The van der Waals surface area contributed by atoms with Gasteiger partial charge in [0.25, 0.3) is 0 Å². The van der Waals surface area contributed by atoms with Gasteiger partial charge in [-0.1, -0.05) is 36.8 Å². The van der Waals surface area contributed by atoms with Crippen LogP contribution in [0.1, 0.15) is 18.1 Å². The molecule has 0 bridgehead atoms. The van der Waals surface area contributed by atoms with Crippen LogP contribution in [0.2, 0.25) is 5.02 Å². The van der Waals surface area contributed by atoms with E-state index in [4.69, 9.17) is 39.0 Å². The molecule has 0 saturated heterocycles. The lowest BCUT2D eigenvalue weighted by Crippen LogP contribution is -2.10. The van der Waals surface area contributed by atoms with Crippen LogP contribution < -0.4 is 15.2 Å². The van der Waals surface area contributed by atoms with E-state index in [1.165, 1.54) is 5.56 Å². The largest absolute Gasteiger partial charge is 0.493 e. The Morgan fingerprint density at radius 2 is 1.86 bits per heavy atom. The summed E-state index contributed by atoms with van der Waals surface area (Å²) in [5.74, 6) is 1.82. The van der Waals surface area contributed by atoms with Crippen molar-refractivity contribution in [1.82, 2.24) is 0 Å². The first-order chi connectivity index (χ1) is 10.0. The van der Waals surface area contributed by atoms with Crippen molar-refractivity contribution in [2.24, 2.45) is 5.73 Å². The maximum absolute atomic E-state index is 5.97. The highest BCUT2D eigenvalue weighted by Crippen LogP contribution is 2.34. The van der Waals surface area contributed by atoms with Crippen molar-refractivity contribution < 1.29 is 9.47 Å². The monoisotopic (exact) mass is 321 g/mol. The maximum Gasteiger partial charge on any atom is 0.169 e. The van der Waals surface area contributed by atoms with Crippen LogP contribution in [-0.4, -0.2) is 12.1 Å². The van der Waals surface area contributed by atoms with Gasteiger partial charge in [-0.2, -0.15) is 0 Å². The fourth-order valence-electron chi connectivity index (χ4n) is 1.92. The predicted molar refractivity (Wildman–Crippen MR) is 89.8 cm³/mol. The first-order valence-corrected chi connectivity index (χ1v) is 7.28. The molecule has 0 aromatic heterocycles. The number of hydrogen-bond acceptors (Lipinski definition) is 3. The van der Waals surface area contributed by atoms with Crippen molar-refractivity contribution in [2.45, 2.75) is 13.3 Å². The van der Waals surface area contributed by atoms with Crippen LogP contribution in [-0.2, 0) is 6.42 Å². The van der Waals surface area contributed by atoms with Gasteiger partial charge in [0.05, 0.1) is 12.7 Å². The first kappa shape index (κ1) is 15.6. The number of ether oxygens (including phenoxy) is 2. The van der Waals surface area contributed by atoms with Gasteiger partial charge < -0.3 is 15.2 Å². The molecule has 0 aliphatic rings. The summed E-state index contributed by atoms with van der Waals surface area (Å²) in [7, 11) is 1.61. The smallest absolute Gasteiger partial charge is 0.169 e. The third-order valence-corrected chi connectivity index (χ3v) is 3.52. The highest BCUT2D eigenvalue weighted by atomic mass is 35.5. The SMILES string of the molecule is CCc1ccc(Oc2ccc(Cl)cc2C(N)=S)c(OC)c1. The van der Waals surface area contributed by atoms with Crippen molar-refractivity contribution in [3.05, 3.63) is 52.5 Å². The average molecular weight is 322 g/mol. The van der Waals surface area contributed by atoms with Crippen molar-refractivity contribution in [1.29, 1.82) is 0 Å². The Hall–Kier alpha value is -1.78. The van der Waals surface area contributed by atoms with Gasteiger partial charge in [-0.05, 0) is 42.3 Å². The molecule has 0 spiro atoms. The standard InChI is InChI=1S/C16H16ClNO2S/c1-3-10-4-6-14(15(8-10)19-2)20-13-7-5-11(17)9-12(13)16(18)21/h4-9H,3H2,1-2H3,(H2,18,21). The van der Waals surface area contributed by atoms with E-state index in [2.05, 4.69) is 6.92 Å². The second-order valence-electron chi connectivity index (χ2n) is 4.45. The summed E-state index contributed by atoms with van der Waals surface area (Å²) >= 11 is 11.0. The van der Waals surface area contributed by atoms with Crippen LogP contribution in [0.3, 0.4) is 0 Å². The summed E-state index contributed by atoms with van der Waals surface area (Å²) in [5, 5.41) is 0.554. The van der Waals surface area contributed by atoms with Gasteiger partial charge in [0.1, 0.15) is 10.7 Å². The predicted octanol–water partition coefficient (Wildman–Crippen LogP) is 4.34. The van der Waals surface area contributed by atoms with E-state index in [1.807, 2.05) is 18.2 Å². The van der Waals surface area contributed by atoms with Crippen LogP contribution in [0, 0.1) is 0 Å². The van der Waals surface area contributed by atoms with Gasteiger partial charge in [-0.3, -0.25) is 0 Å². The third-order valence-electron chi connectivity index (χ3n) is 3.06. The molecule has 0 aliphatic carbocycles. The highest BCUT2D eigenvalue weighted by Gasteiger charge is 2.12. The molecule has 0 amide bonds. The number of aryl methyl sites for hydroxylation is 1. The lowest BCUT2D eigenvalue weighted by Gasteiger charge is -2.14. The molecule has 0 radical (unpaired) electrons. The van der Waals surface area contributed by atoms with Crippen molar-refractivity contribution in [3.63, 3.8) is 0 Å². The normalized spacial score (nSPS) is 10.2. The summed E-state index contributed by atoms with van der Waals surface area (Å²) in [6, 6.07) is 11.0. The topological polar surface area (TPSA) is 44.5 Å². The first-order valence-electron chi connectivity index (χ1n) is 6.49. The fraction of sp³-hybridized carbons (Fsp3) is 0.188. The van der Waals surface area contributed by atoms with Gasteiger partial charge in [0.15, 0.2) is 11.5 Å². The number of halogens is 1. The maximum atomic E-state index is 5.97. The van der Waals surface area contributed by atoms with Gasteiger partial charge in [-0.25, -0.2) is 0 Å². The number of thiocarbonyl (C=S) groups is 1. The molecule has 2 aromatic carbocycles. The molecule has 0 aliphatic heterocycles. The van der Waals surface area contributed by atoms with E-state index < -0.39 is 0 Å². The lowest BCUT2D eigenvalue weighted by molar-refractivity contribution is 0.378. The van der Waals surface area contributed by atoms with Crippen molar-refractivity contribution >= 4 is 28.8 Å². The Labute approximate surface area is 134 Å². The molecule has 2 rings (SSSR count). The zero-order chi connectivity index (χ0) is 15.4.